The Hall–Kier alpha value is -4.23. The molecule has 3 fully saturated rings. The average Bonchev–Trinajstić information content (AvgIpc) is 3.57. The quantitative estimate of drug-likeness (QED) is 0.218. The molecular formula is C36H37N5O5S2. The minimum absolute atomic E-state index is 0.0894. The monoisotopic (exact) mass is 683 g/mol. The van der Waals surface area contributed by atoms with Gasteiger partial charge in [0.15, 0.2) is 5.13 Å². The highest BCUT2D eigenvalue weighted by Gasteiger charge is 2.46. The summed E-state index contributed by atoms with van der Waals surface area (Å²) in [4.78, 5) is 51.3. The summed E-state index contributed by atoms with van der Waals surface area (Å²) in [6.07, 6.45) is 3.09. The number of amides is 3. The van der Waals surface area contributed by atoms with Gasteiger partial charge >= 0.3 is 6.09 Å². The van der Waals surface area contributed by atoms with Gasteiger partial charge in [0.25, 0.3) is 11.8 Å². The third-order valence-electron chi connectivity index (χ3n) is 8.58. The van der Waals surface area contributed by atoms with Gasteiger partial charge in [0.1, 0.15) is 18.0 Å². The Morgan fingerprint density at radius 2 is 1.73 bits per heavy atom. The van der Waals surface area contributed by atoms with Gasteiger partial charge in [-0.3, -0.25) is 24.3 Å². The highest BCUT2D eigenvalue weighted by molar-refractivity contribution is 7.99. The minimum atomic E-state index is -0.826. The molecule has 2 unspecified atom stereocenters. The molecule has 3 amide bonds. The van der Waals surface area contributed by atoms with Crippen LogP contribution in [0.4, 0.5) is 15.6 Å². The standard InChI is InChI=1S/C36H37N5O5S2/c42-32(38-29-11-12-29)27-9-13-30(14-10-27)40(35-37-15-20-47-35)33(43)31-24-48-34(41(31)36(44)46-23-25-5-2-1-3-6-25)28-8-4-7-26(21-28)22-39-16-18-45-19-17-39/h1-10,13-15,20-21,29,31,34H,11-12,16-19,22-24H2,(H,38,42). The molecule has 3 aliphatic rings. The van der Waals surface area contributed by atoms with E-state index in [4.69, 9.17) is 9.47 Å². The molecule has 3 heterocycles. The lowest BCUT2D eigenvalue weighted by atomic mass is 10.1. The highest BCUT2D eigenvalue weighted by Crippen LogP contribution is 2.44. The van der Waals surface area contributed by atoms with Gasteiger partial charge in [0.2, 0.25) is 0 Å². The predicted octanol–water partition coefficient (Wildman–Crippen LogP) is 5.99. The number of hydrogen-bond acceptors (Lipinski definition) is 9. The fraction of sp³-hybridized carbons (Fsp3) is 0.333. The van der Waals surface area contributed by atoms with Crippen molar-refractivity contribution < 1.29 is 23.9 Å². The maximum absolute atomic E-state index is 14.6. The summed E-state index contributed by atoms with van der Waals surface area (Å²) < 4.78 is 11.4. The maximum Gasteiger partial charge on any atom is 0.412 e. The molecule has 7 rings (SSSR count). The molecule has 2 aliphatic heterocycles. The van der Waals surface area contributed by atoms with Gasteiger partial charge in [-0.25, -0.2) is 9.78 Å². The molecule has 0 bridgehead atoms. The van der Waals surface area contributed by atoms with E-state index in [0.717, 1.165) is 62.4 Å². The summed E-state index contributed by atoms with van der Waals surface area (Å²) in [7, 11) is 0. The van der Waals surface area contributed by atoms with Crippen molar-refractivity contribution in [1.82, 2.24) is 20.1 Å². The van der Waals surface area contributed by atoms with Gasteiger partial charge < -0.3 is 14.8 Å². The molecule has 4 aromatic rings. The Morgan fingerprint density at radius 3 is 2.46 bits per heavy atom. The van der Waals surface area contributed by atoms with Crippen molar-refractivity contribution in [1.29, 1.82) is 0 Å². The zero-order valence-electron chi connectivity index (χ0n) is 26.4. The Morgan fingerprint density at radius 1 is 0.958 bits per heavy atom. The van der Waals surface area contributed by atoms with Gasteiger partial charge in [-0.05, 0) is 53.8 Å². The third-order valence-corrected chi connectivity index (χ3v) is 10.7. The number of morpholine rings is 1. The molecule has 1 N–H and O–H groups in total. The van der Waals surface area contributed by atoms with E-state index in [1.54, 1.807) is 52.0 Å². The number of thioether (sulfide) groups is 1. The van der Waals surface area contributed by atoms with E-state index in [9.17, 15) is 14.4 Å². The Balaban J connectivity index is 1.17. The van der Waals surface area contributed by atoms with Crippen LogP contribution in [0.1, 0.15) is 45.3 Å². The van der Waals surface area contributed by atoms with Crippen molar-refractivity contribution in [2.45, 2.75) is 43.5 Å². The molecule has 1 aliphatic carbocycles. The van der Waals surface area contributed by atoms with Crippen LogP contribution >= 0.6 is 23.1 Å². The first kappa shape index (κ1) is 32.3. The zero-order chi connectivity index (χ0) is 32.9. The fourth-order valence-electron chi connectivity index (χ4n) is 5.90. The lowest BCUT2D eigenvalue weighted by molar-refractivity contribution is -0.121. The first-order chi connectivity index (χ1) is 23.5. The molecule has 1 aromatic heterocycles. The highest BCUT2D eigenvalue weighted by atomic mass is 32.2. The van der Waals surface area contributed by atoms with Gasteiger partial charge in [-0.2, -0.15) is 0 Å². The Kier molecular flexibility index (Phi) is 10.0. The number of carbonyl (C=O) groups is 3. The molecule has 2 saturated heterocycles. The number of anilines is 2. The molecule has 0 spiro atoms. The first-order valence-corrected chi connectivity index (χ1v) is 18.1. The van der Waals surface area contributed by atoms with Crippen LogP contribution < -0.4 is 10.2 Å². The summed E-state index contributed by atoms with van der Waals surface area (Å²) in [5, 5.41) is 4.86. The van der Waals surface area contributed by atoms with E-state index in [1.165, 1.54) is 11.3 Å². The predicted molar refractivity (Wildman–Crippen MR) is 186 cm³/mol. The van der Waals surface area contributed by atoms with Crippen molar-refractivity contribution in [3.8, 4) is 0 Å². The normalized spacial score (nSPS) is 19.5. The molecular weight excluding hydrogens is 647 g/mol. The van der Waals surface area contributed by atoms with Crippen LogP contribution in [0.5, 0.6) is 0 Å². The molecule has 1 saturated carbocycles. The lowest BCUT2D eigenvalue weighted by Gasteiger charge is -2.31. The molecule has 248 valence electrons. The summed E-state index contributed by atoms with van der Waals surface area (Å²) in [6.45, 7) is 4.04. The van der Waals surface area contributed by atoms with E-state index >= 15 is 0 Å². The number of rotatable bonds is 10. The van der Waals surface area contributed by atoms with E-state index in [2.05, 4.69) is 27.3 Å². The Labute approximate surface area is 288 Å². The molecule has 12 heteroatoms. The van der Waals surface area contributed by atoms with E-state index < -0.39 is 17.5 Å². The number of nitrogens with zero attached hydrogens (tertiary/aromatic N) is 4. The number of aromatic nitrogens is 1. The smallest absolute Gasteiger partial charge is 0.412 e. The van der Waals surface area contributed by atoms with Crippen LogP contribution in [0.25, 0.3) is 0 Å². The number of hydrogen-bond donors (Lipinski definition) is 1. The second kappa shape index (κ2) is 14.9. The average molecular weight is 684 g/mol. The third kappa shape index (κ3) is 7.57. The van der Waals surface area contributed by atoms with E-state index in [0.29, 0.717) is 22.1 Å². The van der Waals surface area contributed by atoms with Gasteiger partial charge in [0, 0.05) is 48.6 Å². The Bertz CT molecular complexity index is 1710. The SMILES string of the molecule is O=C(NC1CC1)c1ccc(N(C(=O)C2CSC(c3cccc(CN4CCOCC4)c3)N2C(=O)OCc2ccccc2)c2nccs2)cc1. The van der Waals surface area contributed by atoms with Crippen molar-refractivity contribution in [2.24, 2.45) is 0 Å². The summed E-state index contributed by atoms with van der Waals surface area (Å²) in [6, 6.07) is 24.1. The number of thiazole rings is 1. The van der Waals surface area contributed by atoms with Crippen LogP contribution in [0.3, 0.4) is 0 Å². The second-order valence-corrected chi connectivity index (χ2v) is 14.1. The minimum Gasteiger partial charge on any atom is -0.444 e. The van der Waals surface area contributed by atoms with E-state index in [-0.39, 0.29) is 24.5 Å². The van der Waals surface area contributed by atoms with Crippen molar-refractivity contribution in [2.75, 3.05) is 37.0 Å². The number of carbonyl (C=O) groups excluding carboxylic acids is 3. The molecule has 0 radical (unpaired) electrons. The van der Waals surface area contributed by atoms with Crippen molar-refractivity contribution >= 4 is 51.8 Å². The summed E-state index contributed by atoms with van der Waals surface area (Å²) >= 11 is 2.88. The summed E-state index contributed by atoms with van der Waals surface area (Å²) in [5.41, 5.74) is 4.02. The van der Waals surface area contributed by atoms with Crippen LogP contribution in [0.15, 0.2) is 90.4 Å². The lowest BCUT2D eigenvalue weighted by Crippen LogP contribution is -2.48. The van der Waals surface area contributed by atoms with Gasteiger partial charge in [-0.1, -0.05) is 54.6 Å². The molecule has 10 nitrogen and oxygen atoms in total. The van der Waals surface area contributed by atoms with Crippen LogP contribution in [-0.4, -0.2) is 76.8 Å². The fourth-order valence-corrected chi connectivity index (χ4v) is 7.96. The van der Waals surface area contributed by atoms with Crippen LogP contribution in [0, 0.1) is 0 Å². The van der Waals surface area contributed by atoms with Crippen LogP contribution in [-0.2, 0) is 27.4 Å². The molecule has 2 atom stereocenters. The number of ether oxygens (including phenoxy) is 2. The first-order valence-electron chi connectivity index (χ1n) is 16.2. The van der Waals surface area contributed by atoms with Gasteiger partial charge in [0.05, 0.1) is 18.9 Å². The largest absolute Gasteiger partial charge is 0.444 e. The number of benzene rings is 3. The van der Waals surface area contributed by atoms with Crippen molar-refractivity contribution in [3.05, 3.63) is 113 Å². The maximum atomic E-state index is 14.6. The van der Waals surface area contributed by atoms with Gasteiger partial charge in [-0.15, -0.1) is 23.1 Å². The van der Waals surface area contributed by atoms with Crippen LogP contribution in [0.2, 0.25) is 0 Å². The van der Waals surface area contributed by atoms with Crippen molar-refractivity contribution in [3.63, 3.8) is 0 Å². The van der Waals surface area contributed by atoms with E-state index in [1.807, 2.05) is 47.8 Å². The molecule has 3 aromatic carbocycles. The molecule has 48 heavy (non-hydrogen) atoms. The summed E-state index contributed by atoms with van der Waals surface area (Å²) in [5.74, 6) is -0.0489. The number of nitrogens with one attached hydrogen (secondary N) is 1. The topological polar surface area (TPSA) is 104 Å². The second-order valence-electron chi connectivity index (χ2n) is 12.1. The zero-order valence-corrected chi connectivity index (χ0v) is 28.0.